The minimum absolute atomic E-state index is 0.225. The van der Waals surface area contributed by atoms with E-state index in [0.29, 0.717) is 5.82 Å². The second kappa shape index (κ2) is 5.24. The second-order valence-electron chi connectivity index (χ2n) is 3.63. The summed E-state index contributed by atoms with van der Waals surface area (Å²) in [4.78, 5) is 21.6. The first-order chi connectivity index (χ1) is 8.72. The van der Waals surface area contributed by atoms with Crippen molar-refractivity contribution in [1.29, 1.82) is 0 Å². The van der Waals surface area contributed by atoms with Crippen LogP contribution in [0.15, 0.2) is 42.7 Å². The molecule has 2 rings (SSSR count). The van der Waals surface area contributed by atoms with Crippen molar-refractivity contribution in [3.63, 3.8) is 0 Å². The molecule has 3 N–H and O–H groups in total. The lowest BCUT2D eigenvalue weighted by Crippen LogP contribution is -2.27. The zero-order chi connectivity index (χ0) is 13.0. The van der Waals surface area contributed by atoms with Gasteiger partial charge >= 0.3 is 0 Å². The van der Waals surface area contributed by atoms with Gasteiger partial charge in [-0.05, 0) is 12.1 Å². The summed E-state index contributed by atoms with van der Waals surface area (Å²) in [6, 6.07) is 9.32. The summed E-state index contributed by atoms with van der Waals surface area (Å²) in [5.74, 6) is 5.37. The normalized spacial score (nSPS) is 9.89. The zero-order valence-electron chi connectivity index (χ0n) is 9.87. The third-order valence-electron chi connectivity index (χ3n) is 2.47. The molecule has 6 heteroatoms. The van der Waals surface area contributed by atoms with E-state index < -0.39 is 0 Å². The molecule has 0 radical (unpaired) electrons. The van der Waals surface area contributed by atoms with E-state index >= 15 is 0 Å². The van der Waals surface area contributed by atoms with Gasteiger partial charge < -0.3 is 10.3 Å². The molecule has 0 aliphatic carbocycles. The van der Waals surface area contributed by atoms with Gasteiger partial charge in [-0.25, -0.2) is 15.8 Å². The molecule has 1 aromatic carbocycles. The Hall–Kier alpha value is -2.47. The molecule has 0 fully saturated rings. The van der Waals surface area contributed by atoms with Gasteiger partial charge in [-0.1, -0.05) is 18.2 Å². The number of nitrogens with one attached hydrogen (secondary N) is 1. The number of para-hydroxylation sites is 1. The summed E-state index contributed by atoms with van der Waals surface area (Å²) in [5.41, 5.74) is 3.42. The van der Waals surface area contributed by atoms with Crippen molar-refractivity contribution in [3.8, 4) is 0 Å². The Bertz CT molecular complexity index is 526. The number of nitrogen functional groups attached to an aromatic ring is 1. The number of aromatic nitrogens is 2. The number of rotatable bonds is 3. The van der Waals surface area contributed by atoms with Gasteiger partial charge in [0.25, 0.3) is 5.91 Å². The molecule has 6 nitrogen and oxygen atoms in total. The van der Waals surface area contributed by atoms with Crippen LogP contribution in [0.1, 0.15) is 10.5 Å². The van der Waals surface area contributed by atoms with Gasteiger partial charge in [-0.15, -0.1) is 0 Å². The van der Waals surface area contributed by atoms with Crippen molar-refractivity contribution in [2.45, 2.75) is 0 Å². The van der Waals surface area contributed by atoms with Crippen LogP contribution < -0.4 is 16.2 Å². The van der Waals surface area contributed by atoms with Gasteiger partial charge in [0.2, 0.25) is 0 Å². The van der Waals surface area contributed by atoms with Gasteiger partial charge in [-0.2, -0.15) is 0 Å². The van der Waals surface area contributed by atoms with Crippen LogP contribution in [0.4, 0.5) is 11.5 Å². The van der Waals surface area contributed by atoms with Gasteiger partial charge in [0.05, 0.1) is 12.4 Å². The first-order valence-corrected chi connectivity index (χ1v) is 5.34. The molecule has 0 atom stereocenters. The smallest absolute Gasteiger partial charge is 0.278 e. The van der Waals surface area contributed by atoms with Crippen LogP contribution in [-0.2, 0) is 0 Å². The van der Waals surface area contributed by atoms with Crippen molar-refractivity contribution >= 4 is 17.4 Å². The summed E-state index contributed by atoms with van der Waals surface area (Å²) in [6.45, 7) is 0. The minimum Gasteiger partial charge on any atom is -0.310 e. The molecule has 0 saturated carbocycles. The van der Waals surface area contributed by atoms with Gasteiger partial charge in [0, 0.05) is 12.7 Å². The summed E-state index contributed by atoms with van der Waals surface area (Å²) >= 11 is 0. The molecule has 1 amide bonds. The maximum atomic E-state index is 12.1. The molecule has 1 aromatic heterocycles. The highest BCUT2D eigenvalue weighted by atomic mass is 16.2. The maximum absolute atomic E-state index is 12.1. The molecule has 0 saturated heterocycles. The zero-order valence-corrected chi connectivity index (χ0v) is 9.87. The predicted octanol–water partition coefficient (Wildman–Crippen LogP) is 1.04. The lowest BCUT2D eigenvalue weighted by molar-refractivity contribution is 0.0988. The lowest BCUT2D eigenvalue weighted by atomic mass is 10.3. The molecular weight excluding hydrogens is 230 g/mol. The Balaban J connectivity index is 2.20. The highest BCUT2D eigenvalue weighted by Gasteiger charge is 2.14. The van der Waals surface area contributed by atoms with Crippen LogP contribution in [0.5, 0.6) is 0 Å². The van der Waals surface area contributed by atoms with E-state index in [0.717, 1.165) is 5.69 Å². The van der Waals surface area contributed by atoms with E-state index in [1.165, 1.54) is 17.3 Å². The number of hydrazine groups is 1. The Kier molecular flexibility index (Phi) is 3.49. The summed E-state index contributed by atoms with van der Waals surface area (Å²) in [6.07, 6.45) is 2.79. The molecular formula is C12H13N5O. The number of nitrogens with two attached hydrogens (primary N) is 1. The van der Waals surface area contributed by atoms with Gasteiger partial charge in [0.1, 0.15) is 5.69 Å². The third-order valence-corrected chi connectivity index (χ3v) is 2.47. The Labute approximate surface area is 104 Å². The number of carbonyl (C=O) groups is 1. The SMILES string of the molecule is CN(C(=O)c1cnc(NN)cn1)c1ccccc1. The van der Waals surface area contributed by atoms with Crippen LogP contribution in [0.3, 0.4) is 0 Å². The molecule has 0 aliphatic rings. The average molecular weight is 243 g/mol. The fourth-order valence-electron chi connectivity index (χ4n) is 1.45. The Morgan fingerprint density at radius 2 is 1.94 bits per heavy atom. The fraction of sp³-hybridized carbons (Fsp3) is 0.0833. The number of hydrogen-bond donors (Lipinski definition) is 2. The maximum Gasteiger partial charge on any atom is 0.278 e. The summed E-state index contributed by atoms with van der Waals surface area (Å²) < 4.78 is 0. The summed E-state index contributed by atoms with van der Waals surface area (Å²) in [5, 5.41) is 0. The van der Waals surface area contributed by atoms with E-state index in [2.05, 4.69) is 15.4 Å². The standard InChI is InChI=1S/C12H13N5O/c1-17(9-5-3-2-4-6-9)12(18)10-7-15-11(16-13)8-14-10/h2-8H,13H2,1H3,(H,15,16). The van der Waals surface area contributed by atoms with Gasteiger partial charge in [0.15, 0.2) is 5.82 Å². The molecule has 18 heavy (non-hydrogen) atoms. The van der Waals surface area contributed by atoms with Crippen molar-refractivity contribution in [3.05, 3.63) is 48.4 Å². The van der Waals surface area contributed by atoms with Crippen molar-refractivity contribution in [2.24, 2.45) is 5.84 Å². The molecule has 2 aromatic rings. The molecule has 0 unspecified atom stereocenters. The quantitative estimate of drug-likeness (QED) is 0.621. The summed E-state index contributed by atoms with van der Waals surface area (Å²) in [7, 11) is 1.69. The minimum atomic E-state index is -0.225. The number of amides is 1. The monoisotopic (exact) mass is 243 g/mol. The van der Waals surface area contributed by atoms with Crippen molar-refractivity contribution in [2.75, 3.05) is 17.4 Å². The van der Waals surface area contributed by atoms with E-state index in [4.69, 9.17) is 5.84 Å². The van der Waals surface area contributed by atoms with E-state index in [-0.39, 0.29) is 11.6 Å². The van der Waals surface area contributed by atoms with Crippen molar-refractivity contribution < 1.29 is 4.79 Å². The topological polar surface area (TPSA) is 84.1 Å². The Morgan fingerprint density at radius 3 is 2.50 bits per heavy atom. The molecule has 0 spiro atoms. The van der Waals surface area contributed by atoms with Gasteiger partial charge in [-0.3, -0.25) is 4.79 Å². The number of benzene rings is 1. The van der Waals surface area contributed by atoms with Crippen LogP contribution in [0, 0.1) is 0 Å². The number of anilines is 2. The van der Waals surface area contributed by atoms with Crippen LogP contribution >= 0.6 is 0 Å². The molecule has 0 bridgehead atoms. The second-order valence-corrected chi connectivity index (χ2v) is 3.63. The first kappa shape index (κ1) is 12.0. The van der Waals surface area contributed by atoms with E-state index in [1.807, 2.05) is 30.3 Å². The molecule has 1 heterocycles. The van der Waals surface area contributed by atoms with Crippen LogP contribution in [-0.4, -0.2) is 22.9 Å². The average Bonchev–Trinajstić information content (AvgIpc) is 2.47. The highest BCUT2D eigenvalue weighted by molar-refractivity contribution is 6.04. The fourth-order valence-corrected chi connectivity index (χ4v) is 1.45. The molecule has 92 valence electrons. The third kappa shape index (κ3) is 2.44. The van der Waals surface area contributed by atoms with Crippen molar-refractivity contribution in [1.82, 2.24) is 9.97 Å². The lowest BCUT2D eigenvalue weighted by Gasteiger charge is -2.16. The first-order valence-electron chi connectivity index (χ1n) is 5.34. The van der Waals surface area contributed by atoms with E-state index in [9.17, 15) is 4.79 Å². The molecule has 0 aliphatic heterocycles. The van der Waals surface area contributed by atoms with Crippen LogP contribution in [0.25, 0.3) is 0 Å². The van der Waals surface area contributed by atoms with E-state index in [1.54, 1.807) is 7.05 Å². The number of nitrogens with zero attached hydrogens (tertiary/aromatic N) is 3. The highest BCUT2D eigenvalue weighted by Crippen LogP contribution is 2.13. The predicted molar refractivity (Wildman–Crippen MR) is 69.0 cm³/mol. The van der Waals surface area contributed by atoms with Crippen LogP contribution in [0.2, 0.25) is 0 Å². The number of hydrogen-bond acceptors (Lipinski definition) is 5. The number of carbonyl (C=O) groups excluding carboxylic acids is 1. The largest absolute Gasteiger partial charge is 0.310 e. The Morgan fingerprint density at radius 1 is 1.22 bits per heavy atom.